The van der Waals surface area contributed by atoms with Gasteiger partial charge in [0.15, 0.2) is 0 Å². The van der Waals surface area contributed by atoms with Crippen molar-refractivity contribution in [3.05, 3.63) is 36.2 Å². The molecule has 0 amide bonds. The molecule has 0 radical (unpaired) electrons. The van der Waals surface area contributed by atoms with E-state index in [4.69, 9.17) is 0 Å². The highest BCUT2D eigenvalue weighted by Crippen LogP contribution is 2.24. The highest BCUT2D eigenvalue weighted by molar-refractivity contribution is 5.73. The van der Waals surface area contributed by atoms with Gasteiger partial charge in [0.05, 0.1) is 22.9 Å². The monoisotopic (exact) mass is 257 g/mol. The van der Waals surface area contributed by atoms with E-state index in [-0.39, 0.29) is 0 Å². The van der Waals surface area contributed by atoms with Crippen molar-refractivity contribution in [2.24, 2.45) is 11.3 Å². The molecule has 0 atom stereocenters. The minimum atomic E-state index is 0.296. The summed E-state index contributed by atoms with van der Waals surface area (Å²) >= 11 is 0. The molecule has 0 fully saturated rings. The fraction of sp³-hybridized carbons (Fsp3) is 0.500. The summed E-state index contributed by atoms with van der Waals surface area (Å²) in [6.45, 7) is 10.9. The van der Waals surface area contributed by atoms with Crippen molar-refractivity contribution < 1.29 is 0 Å². The lowest BCUT2D eigenvalue weighted by Crippen LogP contribution is -2.33. The zero-order chi connectivity index (χ0) is 13.9. The van der Waals surface area contributed by atoms with Crippen LogP contribution >= 0.6 is 0 Å². The third-order valence-corrected chi connectivity index (χ3v) is 3.95. The van der Waals surface area contributed by atoms with Crippen molar-refractivity contribution in [2.75, 3.05) is 6.54 Å². The normalized spacial score (nSPS) is 12.3. The molecule has 1 N–H and O–H groups in total. The van der Waals surface area contributed by atoms with Gasteiger partial charge in [-0.1, -0.05) is 39.8 Å². The third kappa shape index (κ3) is 3.51. The Labute approximate surface area is 115 Å². The SMILES string of the molecule is CC(C)C(C)(C)CNCc1cnc2ccccc2n1. The van der Waals surface area contributed by atoms with Crippen LogP contribution in [-0.2, 0) is 6.54 Å². The molecule has 2 rings (SSSR count). The highest BCUT2D eigenvalue weighted by atomic mass is 14.9. The smallest absolute Gasteiger partial charge is 0.0890 e. The number of hydrogen-bond donors (Lipinski definition) is 1. The Morgan fingerprint density at radius 1 is 1.16 bits per heavy atom. The summed E-state index contributed by atoms with van der Waals surface area (Å²) in [6, 6.07) is 7.97. The van der Waals surface area contributed by atoms with Crippen LogP contribution < -0.4 is 5.32 Å². The summed E-state index contributed by atoms with van der Waals surface area (Å²) in [5.41, 5.74) is 3.21. The Balaban J connectivity index is 1.98. The molecule has 0 saturated heterocycles. The van der Waals surface area contributed by atoms with E-state index in [1.54, 1.807) is 0 Å². The van der Waals surface area contributed by atoms with Gasteiger partial charge >= 0.3 is 0 Å². The number of fused-ring (bicyclic) bond motifs is 1. The molecule has 0 aliphatic carbocycles. The van der Waals surface area contributed by atoms with Gasteiger partial charge in [0.1, 0.15) is 0 Å². The molecule has 0 spiro atoms. The minimum Gasteiger partial charge on any atom is -0.311 e. The first-order chi connectivity index (χ1) is 8.99. The van der Waals surface area contributed by atoms with Gasteiger partial charge in [-0.05, 0) is 23.5 Å². The molecule has 0 unspecified atom stereocenters. The number of nitrogens with zero attached hydrogens (tertiary/aromatic N) is 2. The molecule has 1 heterocycles. The summed E-state index contributed by atoms with van der Waals surface area (Å²) < 4.78 is 0. The van der Waals surface area contributed by atoms with Crippen molar-refractivity contribution in [3.8, 4) is 0 Å². The third-order valence-electron chi connectivity index (χ3n) is 3.95. The first kappa shape index (κ1) is 13.9. The van der Waals surface area contributed by atoms with Crippen molar-refractivity contribution in [1.29, 1.82) is 0 Å². The maximum atomic E-state index is 4.61. The number of rotatable bonds is 5. The summed E-state index contributed by atoms with van der Waals surface area (Å²) in [5, 5.41) is 3.49. The average molecular weight is 257 g/mol. The fourth-order valence-corrected chi connectivity index (χ4v) is 1.80. The molecule has 3 heteroatoms. The number of benzene rings is 1. The predicted molar refractivity (Wildman–Crippen MR) is 79.9 cm³/mol. The van der Waals surface area contributed by atoms with E-state index in [1.807, 2.05) is 30.5 Å². The van der Waals surface area contributed by atoms with Crippen LogP contribution in [0.3, 0.4) is 0 Å². The summed E-state index contributed by atoms with van der Waals surface area (Å²) in [7, 11) is 0. The van der Waals surface area contributed by atoms with Crippen LogP contribution in [0.15, 0.2) is 30.5 Å². The molecular weight excluding hydrogens is 234 g/mol. The molecule has 2 aromatic rings. The van der Waals surface area contributed by atoms with E-state index in [0.29, 0.717) is 11.3 Å². The molecule has 0 bridgehead atoms. The first-order valence-corrected chi connectivity index (χ1v) is 6.90. The van der Waals surface area contributed by atoms with Gasteiger partial charge in [-0.2, -0.15) is 0 Å². The maximum Gasteiger partial charge on any atom is 0.0890 e. The van der Waals surface area contributed by atoms with Crippen LogP contribution in [0.4, 0.5) is 0 Å². The summed E-state index contributed by atoms with van der Waals surface area (Å²) in [5.74, 6) is 0.655. The second-order valence-electron chi connectivity index (χ2n) is 6.10. The van der Waals surface area contributed by atoms with Crippen molar-refractivity contribution >= 4 is 11.0 Å². The standard InChI is InChI=1S/C16H23N3/c1-12(2)16(3,4)11-17-9-13-10-18-14-7-5-6-8-15(14)19-13/h5-8,10,12,17H,9,11H2,1-4H3. The number of para-hydroxylation sites is 2. The Kier molecular flexibility index (Phi) is 4.15. The lowest BCUT2D eigenvalue weighted by molar-refractivity contribution is 0.237. The summed E-state index contributed by atoms with van der Waals surface area (Å²) in [6.07, 6.45) is 1.86. The van der Waals surface area contributed by atoms with E-state index < -0.39 is 0 Å². The van der Waals surface area contributed by atoms with Crippen LogP contribution in [0.1, 0.15) is 33.4 Å². The number of aromatic nitrogens is 2. The van der Waals surface area contributed by atoms with Gasteiger partial charge in [0, 0.05) is 13.1 Å². The lowest BCUT2D eigenvalue weighted by atomic mass is 9.81. The van der Waals surface area contributed by atoms with E-state index >= 15 is 0 Å². The van der Waals surface area contributed by atoms with Crippen LogP contribution in [0, 0.1) is 11.3 Å². The van der Waals surface area contributed by atoms with Crippen LogP contribution in [0.25, 0.3) is 11.0 Å². The predicted octanol–water partition coefficient (Wildman–Crippen LogP) is 3.40. The molecule has 0 aliphatic rings. The van der Waals surface area contributed by atoms with Crippen molar-refractivity contribution in [2.45, 2.75) is 34.2 Å². The lowest BCUT2D eigenvalue weighted by Gasteiger charge is -2.29. The Morgan fingerprint density at radius 3 is 2.53 bits per heavy atom. The molecule has 0 aliphatic heterocycles. The van der Waals surface area contributed by atoms with Crippen LogP contribution in [0.5, 0.6) is 0 Å². The van der Waals surface area contributed by atoms with Crippen molar-refractivity contribution in [3.63, 3.8) is 0 Å². The Morgan fingerprint density at radius 2 is 1.84 bits per heavy atom. The Hall–Kier alpha value is -1.48. The topological polar surface area (TPSA) is 37.8 Å². The number of nitrogens with one attached hydrogen (secondary N) is 1. The van der Waals surface area contributed by atoms with Gasteiger partial charge in [-0.3, -0.25) is 4.98 Å². The Bertz CT molecular complexity index is 546. The van der Waals surface area contributed by atoms with Crippen molar-refractivity contribution in [1.82, 2.24) is 15.3 Å². The van der Waals surface area contributed by atoms with E-state index in [1.165, 1.54) is 0 Å². The van der Waals surface area contributed by atoms with Gasteiger partial charge in [-0.15, -0.1) is 0 Å². The van der Waals surface area contributed by atoms with Crippen LogP contribution in [0.2, 0.25) is 0 Å². The molecule has 19 heavy (non-hydrogen) atoms. The second-order valence-corrected chi connectivity index (χ2v) is 6.10. The number of hydrogen-bond acceptors (Lipinski definition) is 3. The quantitative estimate of drug-likeness (QED) is 0.892. The van der Waals surface area contributed by atoms with Gasteiger partial charge in [-0.25, -0.2) is 4.98 Å². The van der Waals surface area contributed by atoms with Gasteiger partial charge in [0.25, 0.3) is 0 Å². The first-order valence-electron chi connectivity index (χ1n) is 6.90. The molecule has 3 nitrogen and oxygen atoms in total. The molecule has 1 aromatic carbocycles. The minimum absolute atomic E-state index is 0.296. The van der Waals surface area contributed by atoms with E-state index in [9.17, 15) is 0 Å². The zero-order valence-electron chi connectivity index (χ0n) is 12.3. The molecule has 102 valence electrons. The largest absolute Gasteiger partial charge is 0.311 e. The summed E-state index contributed by atoms with van der Waals surface area (Å²) in [4.78, 5) is 9.04. The zero-order valence-corrected chi connectivity index (χ0v) is 12.3. The maximum absolute atomic E-state index is 4.61. The van der Waals surface area contributed by atoms with E-state index in [2.05, 4.69) is 43.0 Å². The van der Waals surface area contributed by atoms with Crippen LogP contribution in [-0.4, -0.2) is 16.5 Å². The molecular formula is C16H23N3. The molecule has 1 aromatic heterocycles. The fourth-order valence-electron chi connectivity index (χ4n) is 1.80. The highest BCUT2D eigenvalue weighted by Gasteiger charge is 2.21. The van der Waals surface area contributed by atoms with E-state index in [0.717, 1.165) is 29.8 Å². The molecule has 0 saturated carbocycles. The van der Waals surface area contributed by atoms with Gasteiger partial charge in [0.2, 0.25) is 0 Å². The second kappa shape index (κ2) is 5.66. The average Bonchev–Trinajstić information content (AvgIpc) is 2.38. The van der Waals surface area contributed by atoms with Gasteiger partial charge < -0.3 is 5.32 Å².